The first-order valence-corrected chi connectivity index (χ1v) is 3.22. The number of esters is 1. The van der Waals surface area contributed by atoms with Crippen molar-refractivity contribution in [1.82, 2.24) is 0 Å². The Morgan fingerprint density at radius 3 is 2.25 bits per heavy atom. The lowest BCUT2D eigenvalue weighted by Gasteiger charge is -2.19. The van der Waals surface area contributed by atoms with Crippen LogP contribution in [0.1, 0.15) is 20.3 Å². The Bertz CT molecular complexity index is 173. The second kappa shape index (κ2) is 4.87. The third-order valence-corrected chi connectivity index (χ3v) is 1.07. The summed E-state index contributed by atoms with van der Waals surface area (Å²) in [5.41, 5.74) is 0.130. The molecular formula is C7H14O5. The van der Waals surface area contributed by atoms with Crippen molar-refractivity contribution >= 4 is 5.97 Å². The molecule has 0 radical (unpaired) electrons. The lowest BCUT2D eigenvalue weighted by atomic mass is 10.3. The van der Waals surface area contributed by atoms with Crippen molar-refractivity contribution in [3.05, 3.63) is 12.2 Å². The number of rotatable bonds is 3. The molecule has 0 aromatic carbocycles. The van der Waals surface area contributed by atoms with Gasteiger partial charge in [-0.1, -0.05) is 13.5 Å². The molecule has 4 N–H and O–H groups in total. The summed E-state index contributed by atoms with van der Waals surface area (Å²) in [6, 6.07) is 0. The molecule has 0 saturated heterocycles. The second-order valence-corrected chi connectivity index (χ2v) is 2.27. The highest BCUT2D eigenvalue weighted by Crippen LogP contribution is 2.09. The topological polar surface area (TPSA) is 98.3 Å². The Hall–Kier alpha value is -0.910. The van der Waals surface area contributed by atoms with Crippen molar-refractivity contribution in [3.8, 4) is 0 Å². The molecule has 0 atom stereocenters. The lowest BCUT2D eigenvalue weighted by molar-refractivity contribution is -0.317. The smallest absolute Gasteiger partial charge is 0.337 e. The van der Waals surface area contributed by atoms with E-state index in [4.69, 9.17) is 10.2 Å². The number of aliphatic hydroxyl groups is 2. The number of hydrogen-bond acceptors (Lipinski definition) is 4. The van der Waals surface area contributed by atoms with E-state index in [-0.39, 0.29) is 17.5 Å². The predicted octanol–water partition coefficient (Wildman–Crippen LogP) is -0.671. The fourth-order valence-electron chi connectivity index (χ4n) is 0.308. The van der Waals surface area contributed by atoms with Gasteiger partial charge < -0.3 is 20.4 Å². The third kappa shape index (κ3) is 4.84. The van der Waals surface area contributed by atoms with Crippen molar-refractivity contribution in [1.29, 1.82) is 0 Å². The minimum atomic E-state index is -2.37. The molecule has 0 unspecified atom stereocenters. The quantitative estimate of drug-likeness (QED) is 0.340. The van der Waals surface area contributed by atoms with Gasteiger partial charge >= 0.3 is 11.9 Å². The van der Waals surface area contributed by atoms with Crippen LogP contribution in [0.25, 0.3) is 0 Å². The molecule has 12 heavy (non-hydrogen) atoms. The zero-order valence-corrected chi connectivity index (χ0v) is 7.13. The fraction of sp³-hybridized carbons (Fsp3) is 0.571. The molecule has 0 heterocycles. The van der Waals surface area contributed by atoms with Crippen molar-refractivity contribution in [2.45, 2.75) is 26.2 Å². The van der Waals surface area contributed by atoms with Gasteiger partial charge in [-0.2, -0.15) is 0 Å². The van der Waals surface area contributed by atoms with E-state index in [2.05, 4.69) is 11.3 Å². The van der Waals surface area contributed by atoms with E-state index in [9.17, 15) is 4.79 Å². The number of ether oxygens (including phenoxy) is 1. The first-order chi connectivity index (χ1) is 4.89. The Balaban J connectivity index is 0. The number of carbonyl (C=O) groups is 1. The average molecular weight is 178 g/mol. The molecule has 0 fully saturated rings. The van der Waals surface area contributed by atoms with Crippen LogP contribution in [-0.4, -0.2) is 27.6 Å². The standard InChI is InChI=1S/C7H12O4.H2O/c1-4-7(9,10)11-6(8)5(2)3;/h9-10H,2,4H2,1,3H3;1H2. The normalized spacial score (nSPS) is 10.0. The molecule has 0 aromatic rings. The van der Waals surface area contributed by atoms with Gasteiger partial charge in [-0.3, -0.25) is 0 Å². The Morgan fingerprint density at radius 2 is 2.00 bits per heavy atom. The van der Waals surface area contributed by atoms with Gasteiger partial charge in [0.15, 0.2) is 0 Å². The van der Waals surface area contributed by atoms with E-state index in [1.54, 1.807) is 0 Å². The van der Waals surface area contributed by atoms with Crippen LogP contribution in [0, 0.1) is 0 Å². The van der Waals surface area contributed by atoms with Gasteiger partial charge in [-0.05, 0) is 6.92 Å². The van der Waals surface area contributed by atoms with Crippen molar-refractivity contribution < 1.29 is 25.2 Å². The van der Waals surface area contributed by atoms with Gasteiger partial charge in [-0.15, -0.1) is 0 Å². The van der Waals surface area contributed by atoms with E-state index >= 15 is 0 Å². The Morgan fingerprint density at radius 1 is 1.58 bits per heavy atom. The molecule has 5 heteroatoms. The van der Waals surface area contributed by atoms with Gasteiger partial charge in [0, 0.05) is 12.0 Å². The van der Waals surface area contributed by atoms with Crippen molar-refractivity contribution in [2.75, 3.05) is 0 Å². The highest BCUT2D eigenvalue weighted by Gasteiger charge is 2.25. The van der Waals surface area contributed by atoms with Gasteiger partial charge in [0.05, 0.1) is 0 Å². The zero-order valence-electron chi connectivity index (χ0n) is 7.13. The SMILES string of the molecule is C=C(C)C(=O)OC(O)(O)CC.O. The van der Waals surface area contributed by atoms with E-state index < -0.39 is 11.9 Å². The van der Waals surface area contributed by atoms with Crippen LogP contribution in [0.5, 0.6) is 0 Å². The van der Waals surface area contributed by atoms with Gasteiger partial charge in [0.2, 0.25) is 0 Å². The maximum absolute atomic E-state index is 10.7. The summed E-state index contributed by atoms with van der Waals surface area (Å²) in [6.07, 6.45) is -0.0774. The van der Waals surface area contributed by atoms with Crippen LogP contribution in [0.3, 0.4) is 0 Å². The average Bonchev–Trinajstić information content (AvgIpc) is 1.87. The minimum absolute atomic E-state index is 0. The fourth-order valence-corrected chi connectivity index (χ4v) is 0.308. The summed E-state index contributed by atoms with van der Waals surface area (Å²) in [7, 11) is 0. The van der Waals surface area contributed by atoms with E-state index in [0.717, 1.165) is 0 Å². The molecule has 0 aliphatic carbocycles. The first kappa shape index (κ1) is 13.7. The van der Waals surface area contributed by atoms with Gasteiger partial charge in [0.1, 0.15) is 0 Å². The van der Waals surface area contributed by atoms with Crippen molar-refractivity contribution in [2.24, 2.45) is 0 Å². The largest absolute Gasteiger partial charge is 0.412 e. The summed E-state index contributed by atoms with van der Waals surface area (Å²) < 4.78 is 4.22. The van der Waals surface area contributed by atoms with Gasteiger partial charge in [-0.25, -0.2) is 4.79 Å². The maximum atomic E-state index is 10.7. The van der Waals surface area contributed by atoms with Crippen LogP contribution < -0.4 is 0 Å². The van der Waals surface area contributed by atoms with Crippen LogP contribution in [0.4, 0.5) is 0 Å². The molecule has 0 amide bonds. The summed E-state index contributed by atoms with van der Waals surface area (Å²) in [5.74, 6) is -3.17. The van der Waals surface area contributed by atoms with Crippen LogP contribution >= 0.6 is 0 Å². The predicted molar refractivity (Wildman–Crippen MR) is 42.0 cm³/mol. The molecule has 0 saturated carbocycles. The molecule has 5 nitrogen and oxygen atoms in total. The summed E-state index contributed by atoms with van der Waals surface area (Å²) in [5, 5.41) is 17.6. The summed E-state index contributed by atoms with van der Waals surface area (Å²) in [4.78, 5) is 10.7. The minimum Gasteiger partial charge on any atom is -0.412 e. The molecule has 72 valence electrons. The maximum Gasteiger partial charge on any atom is 0.337 e. The molecular weight excluding hydrogens is 164 g/mol. The molecule has 0 rings (SSSR count). The summed E-state index contributed by atoms with van der Waals surface area (Å²) in [6.45, 7) is 6.18. The van der Waals surface area contributed by atoms with E-state index in [1.807, 2.05) is 0 Å². The van der Waals surface area contributed by atoms with E-state index in [1.165, 1.54) is 13.8 Å². The molecule has 0 bridgehead atoms. The molecule has 0 aliphatic heterocycles. The highest BCUT2D eigenvalue weighted by molar-refractivity contribution is 5.87. The van der Waals surface area contributed by atoms with Gasteiger partial charge in [0.25, 0.3) is 0 Å². The van der Waals surface area contributed by atoms with Crippen molar-refractivity contribution in [3.63, 3.8) is 0 Å². The number of hydrogen-bond donors (Lipinski definition) is 2. The third-order valence-electron chi connectivity index (χ3n) is 1.07. The molecule has 0 spiro atoms. The van der Waals surface area contributed by atoms with Crippen LogP contribution in [0.2, 0.25) is 0 Å². The Kier molecular flexibility index (Phi) is 5.54. The number of carbonyl (C=O) groups excluding carboxylic acids is 1. The molecule has 0 aromatic heterocycles. The monoisotopic (exact) mass is 178 g/mol. The summed E-state index contributed by atoms with van der Waals surface area (Å²) >= 11 is 0. The molecule has 0 aliphatic rings. The highest BCUT2D eigenvalue weighted by atomic mass is 16.8. The van der Waals surface area contributed by atoms with Crippen LogP contribution in [0.15, 0.2) is 12.2 Å². The first-order valence-electron chi connectivity index (χ1n) is 3.22. The lowest BCUT2D eigenvalue weighted by Crippen LogP contribution is -2.33. The van der Waals surface area contributed by atoms with Crippen LogP contribution in [-0.2, 0) is 9.53 Å². The second-order valence-electron chi connectivity index (χ2n) is 2.27. The Labute approximate surface area is 70.6 Å². The zero-order chi connectivity index (χ0) is 9.07. The van der Waals surface area contributed by atoms with E-state index in [0.29, 0.717) is 0 Å².